The lowest BCUT2D eigenvalue weighted by Crippen LogP contribution is -2.51. The summed E-state index contributed by atoms with van der Waals surface area (Å²) in [6.45, 7) is 0. The molecular formula is C11H10FNO5. The number of nitro groups is 1. The number of hydrogen-bond acceptors (Lipinski definition) is 5. The van der Waals surface area contributed by atoms with Crippen molar-refractivity contribution in [2.75, 3.05) is 7.11 Å². The molecule has 0 saturated heterocycles. The van der Waals surface area contributed by atoms with Crippen molar-refractivity contribution in [1.82, 2.24) is 0 Å². The van der Waals surface area contributed by atoms with Crippen LogP contribution >= 0.6 is 0 Å². The monoisotopic (exact) mass is 255 g/mol. The largest absolute Gasteiger partial charge is 0.487 e. The summed E-state index contributed by atoms with van der Waals surface area (Å²) in [6.07, 6.45) is -0.927. The molecule has 0 spiro atoms. The fourth-order valence-electron chi connectivity index (χ4n) is 1.74. The number of nitro benzene ring substituents is 1. The number of benzene rings is 1. The third-order valence-corrected chi connectivity index (χ3v) is 2.71. The lowest BCUT2D eigenvalue weighted by molar-refractivity contribution is -0.387. The zero-order valence-corrected chi connectivity index (χ0v) is 9.46. The van der Waals surface area contributed by atoms with Crippen molar-refractivity contribution >= 4 is 11.5 Å². The first-order chi connectivity index (χ1) is 8.52. The van der Waals surface area contributed by atoms with Gasteiger partial charge in [-0.1, -0.05) is 0 Å². The van der Waals surface area contributed by atoms with Gasteiger partial charge in [0.05, 0.1) is 4.92 Å². The molecule has 0 N–H and O–H groups in total. The second-order valence-corrected chi connectivity index (χ2v) is 3.85. The van der Waals surface area contributed by atoms with Gasteiger partial charge in [-0.2, -0.15) is 4.39 Å². The van der Waals surface area contributed by atoms with Crippen LogP contribution in [0.3, 0.4) is 0 Å². The molecule has 96 valence electrons. The maximum atomic E-state index is 13.3. The Labute approximate surface area is 101 Å². The summed E-state index contributed by atoms with van der Waals surface area (Å²) in [4.78, 5) is 20.7. The fraction of sp³-hybridized carbons (Fsp3) is 0.364. The van der Waals surface area contributed by atoms with Gasteiger partial charge in [-0.25, -0.2) is 0 Å². The van der Waals surface area contributed by atoms with Gasteiger partial charge < -0.3 is 9.47 Å². The van der Waals surface area contributed by atoms with Gasteiger partial charge in [0, 0.05) is 25.7 Å². The third kappa shape index (κ3) is 2.17. The lowest BCUT2D eigenvalue weighted by Gasteiger charge is -2.33. The average Bonchev–Trinajstić information content (AvgIpc) is 2.28. The second kappa shape index (κ2) is 4.69. The van der Waals surface area contributed by atoms with Crippen LogP contribution in [0.2, 0.25) is 0 Å². The summed E-state index contributed by atoms with van der Waals surface area (Å²) in [5.74, 6) is -0.917. The van der Waals surface area contributed by atoms with Crippen molar-refractivity contribution in [2.45, 2.75) is 18.6 Å². The third-order valence-electron chi connectivity index (χ3n) is 2.71. The molecule has 1 aliphatic carbocycles. The normalized spacial score (nSPS) is 22.4. The number of carbonyl (C=O) groups excluding carboxylic acids is 1. The molecule has 2 rings (SSSR count). The molecule has 1 fully saturated rings. The van der Waals surface area contributed by atoms with Gasteiger partial charge >= 0.3 is 5.69 Å². The van der Waals surface area contributed by atoms with E-state index in [2.05, 4.69) is 0 Å². The molecule has 1 saturated carbocycles. The standard InChI is InChI=1S/C11H10FNO5/c1-17-11-9(14)5-10(11)18-6-2-3-8(13(15)16)7(12)4-6/h2-4,10-11H,5H2,1H3. The first-order valence-electron chi connectivity index (χ1n) is 5.19. The van der Waals surface area contributed by atoms with Crippen molar-refractivity contribution in [3.8, 4) is 5.75 Å². The molecule has 1 aliphatic rings. The number of rotatable bonds is 4. The number of nitrogens with zero attached hydrogens (tertiary/aromatic N) is 1. The summed E-state index contributed by atoms with van der Waals surface area (Å²) >= 11 is 0. The quantitative estimate of drug-likeness (QED) is 0.601. The Bertz CT molecular complexity index is 504. The molecule has 0 aromatic heterocycles. The number of methoxy groups -OCH3 is 1. The van der Waals surface area contributed by atoms with Crippen LogP contribution in [-0.2, 0) is 9.53 Å². The van der Waals surface area contributed by atoms with E-state index in [-0.39, 0.29) is 18.0 Å². The number of halogens is 1. The van der Waals surface area contributed by atoms with Gasteiger partial charge in [-0.15, -0.1) is 0 Å². The maximum Gasteiger partial charge on any atom is 0.305 e. The van der Waals surface area contributed by atoms with Gasteiger partial charge in [0.1, 0.15) is 11.9 Å². The van der Waals surface area contributed by atoms with Crippen LogP contribution in [0.1, 0.15) is 6.42 Å². The zero-order chi connectivity index (χ0) is 13.3. The summed E-state index contributed by atoms with van der Waals surface area (Å²) in [5.41, 5.74) is -0.615. The first kappa shape index (κ1) is 12.4. The number of hydrogen-bond donors (Lipinski definition) is 0. The molecule has 2 unspecified atom stereocenters. The molecule has 0 radical (unpaired) electrons. The highest BCUT2D eigenvalue weighted by atomic mass is 19.1. The molecule has 6 nitrogen and oxygen atoms in total. The number of Topliss-reactive ketones (excluding diaryl/α,β-unsaturated/α-hetero) is 1. The summed E-state index contributed by atoms with van der Waals surface area (Å²) < 4.78 is 23.5. The van der Waals surface area contributed by atoms with Gasteiger partial charge in [-0.05, 0) is 6.07 Å². The van der Waals surface area contributed by atoms with E-state index in [1.165, 1.54) is 13.2 Å². The highest BCUT2D eigenvalue weighted by Gasteiger charge is 2.42. The molecule has 1 aromatic rings. The Morgan fingerprint density at radius 3 is 2.72 bits per heavy atom. The predicted molar refractivity (Wildman–Crippen MR) is 57.9 cm³/mol. The van der Waals surface area contributed by atoms with Gasteiger partial charge in [0.25, 0.3) is 0 Å². The lowest BCUT2D eigenvalue weighted by atomic mass is 9.90. The smallest absolute Gasteiger partial charge is 0.305 e. The SMILES string of the molecule is COC1C(=O)CC1Oc1ccc([N+](=O)[O-])c(F)c1. The maximum absolute atomic E-state index is 13.3. The second-order valence-electron chi connectivity index (χ2n) is 3.85. The molecule has 0 amide bonds. The minimum absolute atomic E-state index is 0.0788. The van der Waals surface area contributed by atoms with Gasteiger partial charge in [0.15, 0.2) is 11.9 Å². The fourth-order valence-corrected chi connectivity index (χ4v) is 1.74. The van der Waals surface area contributed by atoms with Crippen LogP contribution in [-0.4, -0.2) is 30.0 Å². The minimum atomic E-state index is -0.975. The number of carbonyl (C=O) groups is 1. The average molecular weight is 255 g/mol. The van der Waals surface area contributed by atoms with Gasteiger partial charge in [-0.3, -0.25) is 14.9 Å². The van der Waals surface area contributed by atoms with Crippen molar-refractivity contribution in [1.29, 1.82) is 0 Å². The Kier molecular flexibility index (Phi) is 3.24. The Balaban J connectivity index is 2.09. The van der Waals surface area contributed by atoms with Crippen molar-refractivity contribution in [3.63, 3.8) is 0 Å². The van der Waals surface area contributed by atoms with Crippen LogP contribution in [0.15, 0.2) is 18.2 Å². The molecule has 2 atom stereocenters. The number of ketones is 1. The van der Waals surface area contributed by atoms with E-state index in [1.54, 1.807) is 0 Å². The van der Waals surface area contributed by atoms with E-state index in [1.807, 2.05) is 0 Å². The highest BCUT2D eigenvalue weighted by molar-refractivity contribution is 5.90. The van der Waals surface area contributed by atoms with E-state index in [9.17, 15) is 19.3 Å². The molecule has 0 bridgehead atoms. The topological polar surface area (TPSA) is 78.7 Å². The van der Waals surface area contributed by atoms with Gasteiger partial charge in [0.2, 0.25) is 5.82 Å². The summed E-state index contributed by atoms with van der Waals surface area (Å²) in [5, 5.41) is 10.4. The van der Waals surface area contributed by atoms with Crippen molar-refractivity contribution in [2.24, 2.45) is 0 Å². The highest BCUT2D eigenvalue weighted by Crippen LogP contribution is 2.28. The molecule has 18 heavy (non-hydrogen) atoms. The van der Waals surface area contributed by atoms with Crippen molar-refractivity contribution in [3.05, 3.63) is 34.1 Å². The van der Waals surface area contributed by atoms with E-state index in [4.69, 9.17) is 9.47 Å². The molecule has 0 heterocycles. The first-order valence-corrected chi connectivity index (χ1v) is 5.19. The van der Waals surface area contributed by atoms with E-state index < -0.39 is 28.6 Å². The van der Waals surface area contributed by atoms with Crippen LogP contribution in [0, 0.1) is 15.9 Å². The van der Waals surface area contributed by atoms with Crippen molar-refractivity contribution < 1.29 is 23.6 Å². The predicted octanol–water partition coefficient (Wildman–Crippen LogP) is 1.47. The van der Waals surface area contributed by atoms with Crippen LogP contribution in [0.25, 0.3) is 0 Å². The summed E-state index contributed by atoms with van der Waals surface area (Å²) in [7, 11) is 1.38. The van der Waals surface area contributed by atoms with Crippen LogP contribution in [0.5, 0.6) is 5.75 Å². The minimum Gasteiger partial charge on any atom is -0.487 e. The Hall–Kier alpha value is -2.02. The van der Waals surface area contributed by atoms with E-state index >= 15 is 0 Å². The Morgan fingerprint density at radius 2 is 2.22 bits per heavy atom. The van der Waals surface area contributed by atoms with E-state index in [0.717, 1.165) is 12.1 Å². The molecule has 1 aromatic carbocycles. The van der Waals surface area contributed by atoms with Crippen LogP contribution in [0.4, 0.5) is 10.1 Å². The molecule has 0 aliphatic heterocycles. The zero-order valence-electron chi connectivity index (χ0n) is 9.46. The number of ether oxygens (including phenoxy) is 2. The molecule has 7 heteroatoms. The van der Waals surface area contributed by atoms with E-state index in [0.29, 0.717) is 0 Å². The van der Waals surface area contributed by atoms with Crippen LogP contribution < -0.4 is 4.74 Å². The Morgan fingerprint density at radius 1 is 1.50 bits per heavy atom. The summed E-state index contributed by atoms with van der Waals surface area (Å²) in [6, 6.07) is 3.23. The molecular weight excluding hydrogens is 245 g/mol.